The standard InChI is InChI=1S/C30H31FN4O8/c1-34(2)18-8-6-5-7-13(18)29(42)33-17-11-16(31)14-9-12-10-15-22(35(3)4)25(38)21(28(32)41)27(40)30(15,43)26(39)19(12)24(37)20(14)23(17)36/h5-8,11-12,15,22,36,38-39,43H,9-10H2,1-4H3,(H2,32,41)(H,33,42)/t12-,15-,22-,30-/m0/s1. The Balaban J connectivity index is 1.62. The Morgan fingerprint density at radius 2 is 1.74 bits per heavy atom. The van der Waals surface area contributed by atoms with Gasteiger partial charge >= 0.3 is 0 Å². The molecule has 3 aliphatic rings. The number of benzene rings is 2. The minimum atomic E-state index is -2.82. The average Bonchev–Trinajstić information content (AvgIpc) is 2.93. The number of Topliss-reactive ketones (excluding diaryl/α,β-unsaturated/α-hetero) is 2. The molecule has 7 N–H and O–H groups in total. The number of allylic oxidation sites excluding steroid dienone is 1. The van der Waals surface area contributed by atoms with Crippen LogP contribution in [0.2, 0.25) is 0 Å². The van der Waals surface area contributed by atoms with Gasteiger partial charge in [-0.1, -0.05) is 12.1 Å². The third kappa shape index (κ3) is 4.26. The summed E-state index contributed by atoms with van der Waals surface area (Å²) in [5.74, 6) is -10.1. The molecule has 0 radical (unpaired) electrons. The highest BCUT2D eigenvalue weighted by molar-refractivity contribution is 6.25. The minimum absolute atomic E-state index is 0.175. The molecule has 0 heterocycles. The van der Waals surface area contributed by atoms with Crippen molar-refractivity contribution < 1.29 is 44.0 Å². The van der Waals surface area contributed by atoms with E-state index in [1.165, 1.54) is 25.1 Å². The lowest BCUT2D eigenvalue weighted by molar-refractivity contribution is -0.148. The molecule has 0 saturated heterocycles. The second-order valence-electron chi connectivity index (χ2n) is 11.4. The molecule has 2 aromatic carbocycles. The van der Waals surface area contributed by atoms with Crippen molar-refractivity contribution in [1.29, 1.82) is 0 Å². The van der Waals surface area contributed by atoms with Gasteiger partial charge in [-0.25, -0.2) is 4.39 Å². The molecule has 0 saturated carbocycles. The number of amides is 2. The number of primary amides is 1. The number of hydrogen-bond donors (Lipinski definition) is 6. The maximum atomic E-state index is 15.6. The first-order valence-corrected chi connectivity index (χ1v) is 13.4. The predicted octanol–water partition coefficient (Wildman–Crippen LogP) is 1.58. The van der Waals surface area contributed by atoms with E-state index >= 15 is 4.39 Å². The van der Waals surface area contributed by atoms with Gasteiger partial charge < -0.3 is 36.4 Å². The summed E-state index contributed by atoms with van der Waals surface area (Å²) in [5.41, 5.74) is 0.787. The van der Waals surface area contributed by atoms with Crippen molar-refractivity contribution in [2.75, 3.05) is 38.4 Å². The van der Waals surface area contributed by atoms with E-state index in [1.54, 1.807) is 37.2 Å². The summed E-state index contributed by atoms with van der Waals surface area (Å²) >= 11 is 0. The zero-order chi connectivity index (χ0) is 31.7. The number of carbonyl (C=O) groups is 4. The number of phenols is 1. The Hall–Kier alpha value is -4.75. The second kappa shape index (κ2) is 10.2. The van der Waals surface area contributed by atoms with Crippen LogP contribution < -0.4 is 16.0 Å². The molecule has 0 aromatic heterocycles. The lowest BCUT2D eigenvalue weighted by atomic mass is 9.58. The zero-order valence-electron chi connectivity index (χ0n) is 23.8. The number of anilines is 2. The highest BCUT2D eigenvalue weighted by Crippen LogP contribution is 2.53. The number of hydrogen-bond acceptors (Lipinski definition) is 10. The van der Waals surface area contributed by atoms with Gasteiger partial charge in [0.25, 0.3) is 11.8 Å². The Morgan fingerprint density at radius 1 is 1.09 bits per heavy atom. The highest BCUT2D eigenvalue weighted by Gasteiger charge is 2.63. The minimum Gasteiger partial charge on any atom is -0.510 e. The Kier molecular flexibility index (Phi) is 7.06. The Labute approximate surface area is 245 Å². The third-order valence-corrected chi connectivity index (χ3v) is 8.55. The van der Waals surface area contributed by atoms with Gasteiger partial charge in [0.05, 0.1) is 22.9 Å². The molecule has 0 fully saturated rings. The highest BCUT2D eigenvalue weighted by atomic mass is 19.1. The first-order chi connectivity index (χ1) is 20.1. The fourth-order valence-electron chi connectivity index (χ4n) is 6.61. The van der Waals surface area contributed by atoms with Crippen LogP contribution in [0, 0.1) is 17.7 Å². The summed E-state index contributed by atoms with van der Waals surface area (Å²) in [6.07, 6.45) is -0.391. The molecule has 226 valence electrons. The van der Waals surface area contributed by atoms with Crippen molar-refractivity contribution in [3.8, 4) is 5.75 Å². The number of ketones is 2. The maximum absolute atomic E-state index is 15.6. The molecule has 12 nitrogen and oxygen atoms in total. The van der Waals surface area contributed by atoms with Gasteiger partial charge in [-0.2, -0.15) is 0 Å². The quantitative estimate of drug-likeness (QED) is 0.219. The number of aliphatic hydroxyl groups is 3. The lowest BCUT2D eigenvalue weighted by Gasteiger charge is -2.50. The van der Waals surface area contributed by atoms with E-state index in [-0.39, 0.29) is 24.0 Å². The van der Waals surface area contributed by atoms with E-state index in [9.17, 15) is 39.6 Å². The Morgan fingerprint density at radius 3 is 2.35 bits per heavy atom. The number of nitrogens with zero attached hydrogens (tertiary/aromatic N) is 2. The van der Waals surface area contributed by atoms with E-state index in [0.717, 1.165) is 6.07 Å². The number of nitrogens with one attached hydrogen (secondary N) is 1. The fourth-order valence-corrected chi connectivity index (χ4v) is 6.61. The van der Waals surface area contributed by atoms with Crippen molar-refractivity contribution in [2.45, 2.75) is 24.5 Å². The van der Waals surface area contributed by atoms with Crippen LogP contribution in [-0.4, -0.2) is 88.5 Å². The molecule has 43 heavy (non-hydrogen) atoms. The van der Waals surface area contributed by atoms with E-state index in [4.69, 9.17) is 5.73 Å². The topological polar surface area (TPSA) is 194 Å². The van der Waals surface area contributed by atoms with Crippen molar-refractivity contribution >= 4 is 34.8 Å². The monoisotopic (exact) mass is 594 g/mol. The molecular formula is C30H31FN4O8. The number of fused-ring (bicyclic) bond motifs is 3. The number of rotatable bonds is 5. The zero-order valence-corrected chi connectivity index (χ0v) is 23.8. The summed E-state index contributed by atoms with van der Waals surface area (Å²) in [6, 6.07) is 6.30. The summed E-state index contributed by atoms with van der Waals surface area (Å²) < 4.78 is 15.6. The number of likely N-dealkylation sites (N-methyl/N-ethyl adjacent to an activating group) is 1. The smallest absolute Gasteiger partial charge is 0.257 e. The molecule has 3 aliphatic carbocycles. The molecule has 13 heteroatoms. The van der Waals surface area contributed by atoms with Crippen LogP contribution in [0.15, 0.2) is 53.0 Å². The fraction of sp³-hybridized carbons (Fsp3) is 0.333. The number of phenolic OH excluding ortho intramolecular Hbond substituents is 1. The van der Waals surface area contributed by atoms with Crippen molar-refractivity contribution in [3.63, 3.8) is 0 Å². The first kappa shape index (κ1) is 29.7. The van der Waals surface area contributed by atoms with Gasteiger partial charge in [0.2, 0.25) is 5.78 Å². The summed E-state index contributed by atoms with van der Waals surface area (Å²) in [5, 5.41) is 47.5. The number of aromatic hydroxyl groups is 1. The van der Waals surface area contributed by atoms with Crippen LogP contribution in [-0.2, 0) is 16.0 Å². The second-order valence-corrected chi connectivity index (χ2v) is 11.4. The van der Waals surface area contributed by atoms with Crippen LogP contribution in [0.5, 0.6) is 5.75 Å². The first-order valence-electron chi connectivity index (χ1n) is 13.4. The molecule has 0 spiro atoms. The SMILES string of the molecule is CN(C)c1ccccc1C(=O)Nc1cc(F)c2c(c1O)C(=O)C1=C(O)[C@]3(O)C(=O)C(C(N)=O)=C(O)[C@@H](N(C)C)[C@@H]3C[C@@H]1C2. The van der Waals surface area contributed by atoms with Crippen LogP contribution in [0.1, 0.15) is 32.7 Å². The molecule has 0 bridgehead atoms. The van der Waals surface area contributed by atoms with E-state index in [1.807, 2.05) is 0 Å². The third-order valence-electron chi connectivity index (χ3n) is 8.55. The maximum Gasteiger partial charge on any atom is 0.257 e. The summed E-state index contributed by atoms with van der Waals surface area (Å²) in [7, 11) is 6.47. The normalized spacial score (nSPS) is 24.9. The van der Waals surface area contributed by atoms with E-state index in [0.29, 0.717) is 5.69 Å². The van der Waals surface area contributed by atoms with Crippen LogP contribution in [0.25, 0.3) is 0 Å². The molecule has 2 aromatic rings. The largest absolute Gasteiger partial charge is 0.510 e. The number of para-hydroxylation sites is 1. The van der Waals surface area contributed by atoms with Gasteiger partial charge in [-0.05, 0) is 45.0 Å². The number of halogens is 1. The molecule has 0 aliphatic heterocycles. The lowest BCUT2D eigenvalue weighted by Crippen LogP contribution is -2.63. The van der Waals surface area contributed by atoms with Crippen LogP contribution in [0.3, 0.4) is 0 Å². The van der Waals surface area contributed by atoms with Gasteiger partial charge in [-0.3, -0.25) is 24.1 Å². The van der Waals surface area contributed by atoms with E-state index < -0.39 is 92.3 Å². The number of nitrogens with two attached hydrogens (primary N) is 1. The van der Waals surface area contributed by atoms with Gasteiger partial charge in [0, 0.05) is 42.9 Å². The van der Waals surface area contributed by atoms with Gasteiger partial charge in [0.1, 0.15) is 22.9 Å². The number of aliphatic hydroxyl groups excluding tert-OH is 2. The van der Waals surface area contributed by atoms with Crippen molar-refractivity contribution in [1.82, 2.24) is 4.90 Å². The molecule has 4 atom stereocenters. The summed E-state index contributed by atoms with van der Waals surface area (Å²) in [6.45, 7) is 0. The van der Waals surface area contributed by atoms with Crippen molar-refractivity contribution in [2.24, 2.45) is 17.6 Å². The van der Waals surface area contributed by atoms with Crippen LogP contribution >= 0.6 is 0 Å². The summed E-state index contributed by atoms with van der Waals surface area (Å²) in [4.78, 5) is 55.6. The molecule has 0 unspecified atom stereocenters. The predicted molar refractivity (Wildman–Crippen MR) is 152 cm³/mol. The molecule has 2 amide bonds. The Bertz CT molecular complexity index is 1680. The average molecular weight is 595 g/mol. The van der Waals surface area contributed by atoms with Crippen molar-refractivity contribution in [3.05, 3.63) is 75.5 Å². The van der Waals surface area contributed by atoms with Crippen LogP contribution in [0.4, 0.5) is 15.8 Å². The van der Waals surface area contributed by atoms with Gasteiger partial charge in [-0.15, -0.1) is 0 Å². The van der Waals surface area contributed by atoms with E-state index in [2.05, 4.69) is 5.32 Å². The van der Waals surface area contributed by atoms with Gasteiger partial charge in [0.15, 0.2) is 17.1 Å². The molecule has 5 rings (SSSR count). The molecular weight excluding hydrogens is 563 g/mol. The number of carbonyl (C=O) groups excluding carboxylic acids is 4.